The predicted molar refractivity (Wildman–Crippen MR) is 87.8 cm³/mol. The van der Waals surface area contributed by atoms with Crippen LogP contribution < -0.4 is 0 Å². The van der Waals surface area contributed by atoms with Crippen LogP contribution in [0.25, 0.3) is 11.5 Å². The van der Waals surface area contributed by atoms with E-state index in [1.807, 2.05) is 20.0 Å². The van der Waals surface area contributed by atoms with Crippen LogP contribution in [0.3, 0.4) is 0 Å². The number of H-pyrrole nitrogens is 1. The molecule has 1 atom stereocenters. The quantitative estimate of drug-likeness (QED) is 0.946. The summed E-state index contributed by atoms with van der Waals surface area (Å²) in [6.45, 7) is 10.8. The third-order valence-electron chi connectivity index (χ3n) is 4.40. The fraction of sp³-hybridized carbons (Fsp3) is 0.588. The van der Waals surface area contributed by atoms with Gasteiger partial charge in [-0.2, -0.15) is 0 Å². The van der Waals surface area contributed by atoms with Crippen molar-refractivity contribution in [3.8, 4) is 11.5 Å². The van der Waals surface area contributed by atoms with Crippen molar-refractivity contribution in [1.29, 1.82) is 0 Å². The van der Waals surface area contributed by atoms with Crippen LogP contribution in [0.4, 0.5) is 0 Å². The minimum atomic E-state index is 0.493. The van der Waals surface area contributed by atoms with Crippen LogP contribution in [0.5, 0.6) is 0 Å². The Morgan fingerprint density at radius 1 is 1.27 bits per heavy atom. The monoisotopic (exact) mass is 299 g/mol. The highest BCUT2D eigenvalue weighted by atomic mass is 15.2. The molecule has 0 aromatic carbocycles. The van der Waals surface area contributed by atoms with Gasteiger partial charge >= 0.3 is 0 Å². The number of aromatic nitrogens is 4. The van der Waals surface area contributed by atoms with Gasteiger partial charge in [-0.3, -0.25) is 0 Å². The predicted octanol–water partition coefficient (Wildman–Crippen LogP) is 3.07. The zero-order valence-corrected chi connectivity index (χ0v) is 13.9. The van der Waals surface area contributed by atoms with Crippen LogP contribution in [0.2, 0.25) is 0 Å². The molecule has 3 heterocycles. The first-order valence-corrected chi connectivity index (χ1v) is 8.14. The molecule has 2 aromatic heterocycles. The molecule has 5 nitrogen and oxygen atoms in total. The van der Waals surface area contributed by atoms with Crippen molar-refractivity contribution >= 4 is 0 Å². The Balaban J connectivity index is 1.89. The standard InChI is InChI=1S/C17H25N5/c1-11(2)22-7-5-6-14(10-22)15-8-16(21-13(4)20-15)17-18-9-12(3)19-17/h8-9,11,14H,5-7,10H2,1-4H3,(H,18,19)/t14-/m1/s1. The Kier molecular flexibility index (Phi) is 4.25. The summed E-state index contributed by atoms with van der Waals surface area (Å²) < 4.78 is 0. The molecule has 22 heavy (non-hydrogen) atoms. The number of piperidine rings is 1. The van der Waals surface area contributed by atoms with E-state index in [2.05, 4.69) is 39.8 Å². The molecule has 1 aliphatic rings. The van der Waals surface area contributed by atoms with Crippen molar-refractivity contribution in [2.24, 2.45) is 0 Å². The highest BCUT2D eigenvalue weighted by Crippen LogP contribution is 2.28. The van der Waals surface area contributed by atoms with Crippen LogP contribution in [0.15, 0.2) is 12.3 Å². The second kappa shape index (κ2) is 6.16. The van der Waals surface area contributed by atoms with E-state index in [1.165, 1.54) is 19.4 Å². The number of likely N-dealkylation sites (tertiary alicyclic amines) is 1. The molecule has 0 spiro atoms. The van der Waals surface area contributed by atoms with Crippen LogP contribution in [-0.2, 0) is 0 Å². The number of aryl methyl sites for hydroxylation is 2. The first-order chi connectivity index (χ1) is 10.5. The van der Waals surface area contributed by atoms with Crippen molar-refractivity contribution in [3.63, 3.8) is 0 Å². The van der Waals surface area contributed by atoms with Gasteiger partial charge < -0.3 is 9.88 Å². The minimum Gasteiger partial charge on any atom is -0.341 e. The number of rotatable bonds is 3. The number of hydrogen-bond acceptors (Lipinski definition) is 4. The molecule has 0 unspecified atom stereocenters. The Hall–Kier alpha value is -1.75. The third kappa shape index (κ3) is 3.19. The molecule has 0 aliphatic carbocycles. The van der Waals surface area contributed by atoms with Gasteiger partial charge in [0.15, 0.2) is 5.82 Å². The molecular formula is C17H25N5. The average molecular weight is 299 g/mol. The lowest BCUT2D eigenvalue weighted by molar-refractivity contribution is 0.166. The smallest absolute Gasteiger partial charge is 0.156 e. The zero-order valence-electron chi connectivity index (χ0n) is 13.9. The first kappa shape index (κ1) is 15.2. The van der Waals surface area contributed by atoms with Crippen LogP contribution in [-0.4, -0.2) is 44.0 Å². The van der Waals surface area contributed by atoms with Crippen molar-refractivity contribution in [1.82, 2.24) is 24.8 Å². The molecule has 0 saturated carbocycles. The lowest BCUT2D eigenvalue weighted by Gasteiger charge is -2.35. The maximum atomic E-state index is 4.70. The van der Waals surface area contributed by atoms with Crippen LogP contribution in [0, 0.1) is 13.8 Å². The van der Waals surface area contributed by atoms with Gasteiger partial charge in [-0.25, -0.2) is 15.0 Å². The fourth-order valence-electron chi connectivity index (χ4n) is 3.18. The number of imidazole rings is 1. The summed E-state index contributed by atoms with van der Waals surface area (Å²) in [6.07, 6.45) is 4.28. The van der Waals surface area contributed by atoms with E-state index < -0.39 is 0 Å². The number of hydrogen-bond donors (Lipinski definition) is 1. The lowest BCUT2D eigenvalue weighted by Crippen LogP contribution is -2.39. The molecule has 118 valence electrons. The molecule has 2 aromatic rings. The highest BCUT2D eigenvalue weighted by Gasteiger charge is 2.24. The van der Waals surface area contributed by atoms with E-state index in [0.717, 1.165) is 35.3 Å². The lowest BCUT2D eigenvalue weighted by atomic mass is 9.93. The zero-order chi connectivity index (χ0) is 15.7. The molecule has 0 radical (unpaired) electrons. The molecule has 0 amide bonds. The average Bonchev–Trinajstić information content (AvgIpc) is 2.93. The molecular weight excluding hydrogens is 274 g/mol. The van der Waals surface area contributed by atoms with Gasteiger partial charge in [-0.1, -0.05) is 0 Å². The second-order valence-electron chi connectivity index (χ2n) is 6.57. The minimum absolute atomic E-state index is 0.493. The van der Waals surface area contributed by atoms with E-state index in [9.17, 15) is 0 Å². The van der Waals surface area contributed by atoms with Gasteiger partial charge in [0.05, 0.1) is 0 Å². The molecule has 5 heteroatoms. The van der Waals surface area contributed by atoms with E-state index in [1.54, 1.807) is 0 Å². The van der Waals surface area contributed by atoms with Gasteiger partial charge in [0, 0.05) is 36.1 Å². The fourth-order valence-corrected chi connectivity index (χ4v) is 3.18. The molecule has 1 N–H and O–H groups in total. The summed E-state index contributed by atoms with van der Waals surface area (Å²) >= 11 is 0. The summed E-state index contributed by atoms with van der Waals surface area (Å²) in [5, 5.41) is 0. The van der Waals surface area contributed by atoms with Gasteiger partial charge in [-0.15, -0.1) is 0 Å². The van der Waals surface area contributed by atoms with Crippen molar-refractivity contribution in [2.45, 2.75) is 52.5 Å². The molecule has 1 aliphatic heterocycles. The normalized spacial score (nSPS) is 19.8. The van der Waals surface area contributed by atoms with Gasteiger partial charge in [0.2, 0.25) is 0 Å². The van der Waals surface area contributed by atoms with Crippen molar-refractivity contribution < 1.29 is 0 Å². The van der Waals surface area contributed by atoms with E-state index in [4.69, 9.17) is 4.98 Å². The molecule has 1 saturated heterocycles. The summed E-state index contributed by atoms with van der Waals surface area (Å²) in [6, 6.07) is 2.71. The Labute approximate surface area is 132 Å². The first-order valence-electron chi connectivity index (χ1n) is 8.14. The van der Waals surface area contributed by atoms with Gasteiger partial charge in [0.1, 0.15) is 11.5 Å². The van der Waals surface area contributed by atoms with E-state index >= 15 is 0 Å². The number of nitrogens with zero attached hydrogens (tertiary/aromatic N) is 4. The largest absolute Gasteiger partial charge is 0.341 e. The van der Waals surface area contributed by atoms with Crippen molar-refractivity contribution in [3.05, 3.63) is 29.5 Å². The van der Waals surface area contributed by atoms with Crippen molar-refractivity contribution in [2.75, 3.05) is 13.1 Å². The van der Waals surface area contributed by atoms with E-state index in [-0.39, 0.29) is 0 Å². The maximum absolute atomic E-state index is 4.70. The molecule has 1 fully saturated rings. The summed E-state index contributed by atoms with van der Waals surface area (Å²) in [7, 11) is 0. The SMILES string of the molecule is Cc1nc(-c2ncc(C)[nH]2)cc([C@@H]2CCCN(C(C)C)C2)n1. The molecule has 3 rings (SSSR count). The third-order valence-corrected chi connectivity index (χ3v) is 4.40. The maximum Gasteiger partial charge on any atom is 0.156 e. The summed E-state index contributed by atoms with van der Waals surface area (Å²) in [5.74, 6) is 2.15. The number of nitrogens with one attached hydrogen (secondary N) is 1. The summed E-state index contributed by atoms with van der Waals surface area (Å²) in [4.78, 5) is 19.5. The van der Waals surface area contributed by atoms with Crippen LogP contribution >= 0.6 is 0 Å². The van der Waals surface area contributed by atoms with Crippen LogP contribution in [0.1, 0.15) is 49.8 Å². The Morgan fingerprint density at radius 3 is 2.77 bits per heavy atom. The molecule has 0 bridgehead atoms. The van der Waals surface area contributed by atoms with E-state index in [0.29, 0.717) is 12.0 Å². The van der Waals surface area contributed by atoms with Gasteiger partial charge in [0.25, 0.3) is 0 Å². The highest BCUT2D eigenvalue weighted by molar-refractivity contribution is 5.50. The Morgan fingerprint density at radius 2 is 2.09 bits per heavy atom. The summed E-state index contributed by atoms with van der Waals surface area (Å²) in [5.41, 5.74) is 3.11. The second-order valence-corrected chi connectivity index (χ2v) is 6.57. The topological polar surface area (TPSA) is 57.7 Å². The van der Waals surface area contributed by atoms with Gasteiger partial charge in [-0.05, 0) is 53.1 Å². The number of aromatic amines is 1. The Bertz CT molecular complexity index is 646.